The molecule has 1 atom stereocenters. The SMILES string of the molecule is C#CCCCC(N)c1cccc(Br)c1Cl. The van der Waals surface area contributed by atoms with Crippen molar-refractivity contribution in [2.45, 2.75) is 25.3 Å². The van der Waals surface area contributed by atoms with Gasteiger partial charge in [-0.25, -0.2) is 0 Å². The third-order valence-corrected chi connectivity index (χ3v) is 3.53. The second-order valence-electron chi connectivity index (χ2n) is 3.35. The fourth-order valence-corrected chi connectivity index (χ4v) is 2.03. The Morgan fingerprint density at radius 2 is 2.27 bits per heavy atom. The van der Waals surface area contributed by atoms with Crippen molar-refractivity contribution >= 4 is 27.5 Å². The Bertz CT molecular complexity index is 370. The van der Waals surface area contributed by atoms with E-state index in [1.54, 1.807) is 0 Å². The van der Waals surface area contributed by atoms with Gasteiger partial charge in [0.25, 0.3) is 0 Å². The molecule has 1 rings (SSSR count). The van der Waals surface area contributed by atoms with E-state index < -0.39 is 0 Å². The van der Waals surface area contributed by atoms with Gasteiger partial charge < -0.3 is 5.73 Å². The van der Waals surface area contributed by atoms with Crippen LogP contribution in [-0.4, -0.2) is 0 Å². The molecular formula is C12H13BrClN. The van der Waals surface area contributed by atoms with Gasteiger partial charge in [-0.05, 0) is 40.4 Å². The van der Waals surface area contributed by atoms with E-state index >= 15 is 0 Å². The summed E-state index contributed by atoms with van der Waals surface area (Å²) in [6, 6.07) is 5.75. The first-order chi connectivity index (χ1) is 7.16. The fourth-order valence-electron chi connectivity index (χ4n) is 1.39. The summed E-state index contributed by atoms with van der Waals surface area (Å²) in [4.78, 5) is 0. The van der Waals surface area contributed by atoms with Gasteiger partial charge in [0, 0.05) is 16.9 Å². The number of benzene rings is 1. The third-order valence-electron chi connectivity index (χ3n) is 2.22. The van der Waals surface area contributed by atoms with Crippen molar-refractivity contribution in [3.63, 3.8) is 0 Å². The second kappa shape index (κ2) is 6.17. The standard InChI is InChI=1S/C12H13BrClN/c1-2-3-4-8-11(15)9-6-5-7-10(13)12(9)14/h1,5-7,11H,3-4,8,15H2. The number of hydrogen-bond donors (Lipinski definition) is 1. The van der Waals surface area contributed by atoms with Crippen LogP contribution in [0.25, 0.3) is 0 Å². The van der Waals surface area contributed by atoms with Crippen LogP contribution in [0.1, 0.15) is 30.9 Å². The van der Waals surface area contributed by atoms with Gasteiger partial charge in [0.2, 0.25) is 0 Å². The smallest absolute Gasteiger partial charge is 0.0595 e. The zero-order chi connectivity index (χ0) is 11.3. The van der Waals surface area contributed by atoms with E-state index in [2.05, 4.69) is 21.9 Å². The molecule has 0 saturated carbocycles. The molecular weight excluding hydrogens is 273 g/mol. The van der Waals surface area contributed by atoms with Crippen LogP contribution < -0.4 is 5.73 Å². The maximum absolute atomic E-state index is 6.13. The highest BCUT2D eigenvalue weighted by Gasteiger charge is 2.11. The van der Waals surface area contributed by atoms with Gasteiger partial charge in [0.15, 0.2) is 0 Å². The molecule has 0 aliphatic heterocycles. The highest BCUT2D eigenvalue weighted by atomic mass is 79.9. The fraction of sp³-hybridized carbons (Fsp3) is 0.333. The molecule has 0 heterocycles. The minimum Gasteiger partial charge on any atom is -0.324 e. The second-order valence-corrected chi connectivity index (χ2v) is 4.58. The summed E-state index contributed by atoms with van der Waals surface area (Å²) >= 11 is 9.51. The minimum absolute atomic E-state index is 0.0386. The molecule has 0 aliphatic rings. The monoisotopic (exact) mass is 285 g/mol. The van der Waals surface area contributed by atoms with Crippen molar-refractivity contribution in [2.24, 2.45) is 5.73 Å². The van der Waals surface area contributed by atoms with E-state index in [1.807, 2.05) is 18.2 Å². The molecule has 1 unspecified atom stereocenters. The Morgan fingerprint density at radius 3 is 2.93 bits per heavy atom. The molecule has 15 heavy (non-hydrogen) atoms. The Morgan fingerprint density at radius 1 is 1.53 bits per heavy atom. The molecule has 0 aromatic heterocycles. The molecule has 0 saturated heterocycles. The molecule has 2 N–H and O–H groups in total. The molecule has 0 amide bonds. The molecule has 80 valence electrons. The number of hydrogen-bond acceptors (Lipinski definition) is 1. The Balaban J connectivity index is 2.70. The van der Waals surface area contributed by atoms with Crippen molar-refractivity contribution in [1.29, 1.82) is 0 Å². The van der Waals surface area contributed by atoms with E-state index in [4.69, 9.17) is 23.8 Å². The van der Waals surface area contributed by atoms with Crippen molar-refractivity contribution in [3.8, 4) is 12.3 Å². The lowest BCUT2D eigenvalue weighted by Crippen LogP contribution is -2.10. The number of terminal acetylenes is 1. The number of rotatable bonds is 4. The zero-order valence-corrected chi connectivity index (χ0v) is 10.7. The highest BCUT2D eigenvalue weighted by Crippen LogP contribution is 2.30. The molecule has 0 spiro atoms. The van der Waals surface area contributed by atoms with Gasteiger partial charge in [0.05, 0.1) is 5.02 Å². The predicted molar refractivity (Wildman–Crippen MR) is 68.8 cm³/mol. The Labute approximate surface area is 104 Å². The van der Waals surface area contributed by atoms with E-state index in [9.17, 15) is 0 Å². The first-order valence-corrected chi connectivity index (χ1v) is 5.97. The van der Waals surface area contributed by atoms with Crippen molar-refractivity contribution in [3.05, 3.63) is 33.3 Å². The van der Waals surface area contributed by atoms with Crippen LogP contribution in [0.5, 0.6) is 0 Å². The van der Waals surface area contributed by atoms with Crippen molar-refractivity contribution in [1.82, 2.24) is 0 Å². The first kappa shape index (κ1) is 12.6. The lowest BCUT2D eigenvalue weighted by atomic mass is 10.0. The van der Waals surface area contributed by atoms with Crippen LogP contribution in [-0.2, 0) is 0 Å². The highest BCUT2D eigenvalue weighted by molar-refractivity contribution is 9.10. The summed E-state index contributed by atoms with van der Waals surface area (Å²) in [6.45, 7) is 0. The van der Waals surface area contributed by atoms with Crippen LogP contribution in [0.4, 0.5) is 0 Å². The van der Waals surface area contributed by atoms with Crippen LogP contribution in [0.15, 0.2) is 22.7 Å². The molecule has 1 aromatic rings. The molecule has 1 nitrogen and oxygen atoms in total. The van der Waals surface area contributed by atoms with E-state index in [0.29, 0.717) is 5.02 Å². The van der Waals surface area contributed by atoms with Gasteiger partial charge in [-0.2, -0.15) is 0 Å². The van der Waals surface area contributed by atoms with Crippen LogP contribution in [0.3, 0.4) is 0 Å². The lowest BCUT2D eigenvalue weighted by molar-refractivity contribution is 0.621. The minimum atomic E-state index is -0.0386. The van der Waals surface area contributed by atoms with Gasteiger partial charge in [0.1, 0.15) is 0 Å². The van der Waals surface area contributed by atoms with Crippen LogP contribution in [0, 0.1) is 12.3 Å². The average Bonchev–Trinajstić information content (AvgIpc) is 2.22. The summed E-state index contributed by atoms with van der Waals surface area (Å²) in [5, 5.41) is 0.700. The maximum atomic E-state index is 6.13. The number of halogens is 2. The number of unbranched alkanes of at least 4 members (excludes halogenated alkanes) is 1. The van der Waals surface area contributed by atoms with Gasteiger partial charge in [-0.15, -0.1) is 12.3 Å². The summed E-state index contributed by atoms with van der Waals surface area (Å²) in [5.74, 6) is 2.60. The van der Waals surface area contributed by atoms with Gasteiger partial charge in [-0.3, -0.25) is 0 Å². The average molecular weight is 287 g/mol. The normalized spacial score (nSPS) is 12.1. The summed E-state index contributed by atoms with van der Waals surface area (Å²) < 4.78 is 0.883. The maximum Gasteiger partial charge on any atom is 0.0595 e. The molecule has 3 heteroatoms. The lowest BCUT2D eigenvalue weighted by Gasteiger charge is -2.13. The molecule has 0 aliphatic carbocycles. The van der Waals surface area contributed by atoms with E-state index in [1.165, 1.54) is 0 Å². The summed E-state index contributed by atoms with van der Waals surface area (Å²) in [5.41, 5.74) is 7.01. The molecule has 0 radical (unpaired) electrons. The quantitative estimate of drug-likeness (QED) is 0.659. The predicted octanol–water partition coefficient (Wildman–Crippen LogP) is 3.91. The number of nitrogens with two attached hydrogens (primary N) is 1. The van der Waals surface area contributed by atoms with Crippen LogP contribution >= 0.6 is 27.5 Å². The summed E-state index contributed by atoms with van der Waals surface area (Å²) in [7, 11) is 0. The molecule has 0 fully saturated rings. The van der Waals surface area contributed by atoms with Crippen LogP contribution in [0.2, 0.25) is 5.02 Å². The van der Waals surface area contributed by atoms with E-state index in [0.717, 1.165) is 29.3 Å². The summed E-state index contributed by atoms with van der Waals surface area (Å²) in [6.07, 6.45) is 7.74. The van der Waals surface area contributed by atoms with Crippen molar-refractivity contribution in [2.75, 3.05) is 0 Å². The topological polar surface area (TPSA) is 26.0 Å². The third kappa shape index (κ3) is 3.53. The van der Waals surface area contributed by atoms with Gasteiger partial charge in [-0.1, -0.05) is 23.7 Å². The zero-order valence-electron chi connectivity index (χ0n) is 8.34. The largest absolute Gasteiger partial charge is 0.324 e. The van der Waals surface area contributed by atoms with E-state index in [-0.39, 0.29) is 6.04 Å². The Hall–Kier alpha value is -0.490. The molecule has 1 aromatic carbocycles. The molecule has 0 bridgehead atoms. The van der Waals surface area contributed by atoms with Gasteiger partial charge >= 0.3 is 0 Å². The Kier molecular flexibility index (Phi) is 5.17. The van der Waals surface area contributed by atoms with Crippen molar-refractivity contribution < 1.29 is 0 Å². The first-order valence-electron chi connectivity index (χ1n) is 4.79.